The highest BCUT2D eigenvalue weighted by atomic mass is 19.1. The number of hydrogen-bond donors (Lipinski definition) is 5. The summed E-state index contributed by atoms with van der Waals surface area (Å²) in [6, 6.07) is 1.91. The summed E-state index contributed by atoms with van der Waals surface area (Å²) in [6.07, 6.45) is 3.12. The third-order valence-corrected chi connectivity index (χ3v) is 7.64. The fourth-order valence-electron chi connectivity index (χ4n) is 5.63. The van der Waals surface area contributed by atoms with Crippen LogP contribution in [0.1, 0.15) is 59.4 Å². The zero-order valence-electron chi connectivity index (χ0n) is 26.0. The van der Waals surface area contributed by atoms with Gasteiger partial charge in [0, 0.05) is 43.7 Å². The van der Waals surface area contributed by atoms with Crippen molar-refractivity contribution >= 4 is 17.7 Å². The summed E-state index contributed by atoms with van der Waals surface area (Å²) in [7, 11) is 0. The van der Waals surface area contributed by atoms with Crippen molar-refractivity contribution in [2.45, 2.75) is 72.4 Å². The molecule has 1 aliphatic carbocycles. The molecule has 6 N–H and O–H groups in total. The zero-order valence-corrected chi connectivity index (χ0v) is 26.0. The first-order chi connectivity index (χ1) is 20.3. The van der Waals surface area contributed by atoms with Crippen LogP contribution in [-0.4, -0.2) is 77.8 Å². The van der Waals surface area contributed by atoms with E-state index in [1.807, 2.05) is 27.7 Å². The maximum absolute atomic E-state index is 14.2. The molecule has 0 aliphatic heterocycles. The van der Waals surface area contributed by atoms with E-state index in [2.05, 4.69) is 10.6 Å². The highest BCUT2D eigenvalue weighted by molar-refractivity contribution is 5.97. The summed E-state index contributed by atoms with van der Waals surface area (Å²) < 4.78 is 28.4. The molecule has 9 nitrogen and oxygen atoms in total. The first-order valence-corrected chi connectivity index (χ1v) is 15.0. The van der Waals surface area contributed by atoms with Crippen molar-refractivity contribution < 1.29 is 33.4 Å². The molecule has 3 amide bonds. The Hall–Kier alpha value is -3.15. The van der Waals surface area contributed by atoms with Crippen LogP contribution in [0.25, 0.3) is 0 Å². The fraction of sp³-hybridized carbons (Fsp3) is 0.594. The van der Waals surface area contributed by atoms with E-state index in [1.54, 1.807) is 24.0 Å². The highest BCUT2D eigenvalue weighted by Crippen LogP contribution is 2.44. The molecule has 2 rings (SSSR count). The Balaban J connectivity index is 2.52. The molecule has 0 saturated heterocycles. The predicted octanol–water partition coefficient (Wildman–Crippen LogP) is 2.60. The molecule has 0 fully saturated rings. The molecule has 43 heavy (non-hydrogen) atoms. The Morgan fingerprint density at radius 1 is 1.07 bits per heavy atom. The molecule has 0 spiro atoms. The van der Waals surface area contributed by atoms with Crippen molar-refractivity contribution in [3.8, 4) is 0 Å². The summed E-state index contributed by atoms with van der Waals surface area (Å²) in [5, 5.41) is 27.0. The van der Waals surface area contributed by atoms with Gasteiger partial charge in [0.2, 0.25) is 17.7 Å². The first kappa shape index (κ1) is 36.0. The molecular weight excluding hydrogens is 558 g/mol. The van der Waals surface area contributed by atoms with Crippen molar-refractivity contribution in [2.75, 3.05) is 32.8 Å². The molecule has 0 bridgehead atoms. The van der Waals surface area contributed by atoms with E-state index in [1.165, 1.54) is 0 Å². The second kappa shape index (κ2) is 16.6. The van der Waals surface area contributed by atoms with Crippen molar-refractivity contribution in [1.82, 2.24) is 15.5 Å². The summed E-state index contributed by atoms with van der Waals surface area (Å²) in [6.45, 7) is 10.1. The van der Waals surface area contributed by atoms with Gasteiger partial charge in [-0.3, -0.25) is 14.4 Å². The van der Waals surface area contributed by atoms with Gasteiger partial charge in [-0.15, -0.1) is 0 Å². The maximum Gasteiger partial charge on any atom is 0.249 e. The molecule has 4 atom stereocenters. The fourth-order valence-corrected chi connectivity index (χ4v) is 5.63. The Kier molecular flexibility index (Phi) is 13.9. The van der Waals surface area contributed by atoms with E-state index in [-0.39, 0.29) is 36.8 Å². The number of allylic oxidation sites excluding steroid dienone is 2. The van der Waals surface area contributed by atoms with Gasteiger partial charge in [0.1, 0.15) is 17.7 Å². The number of amides is 3. The molecule has 0 aromatic heterocycles. The Morgan fingerprint density at radius 3 is 2.19 bits per heavy atom. The number of nitrogens with zero attached hydrogens (tertiary/aromatic N) is 1. The van der Waals surface area contributed by atoms with E-state index in [9.17, 15) is 33.4 Å². The lowest BCUT2D eigenvalue weighted by Crippen LogP contribution is -2.54. The molecule has 0 heterocycles. The number of nitrogens with one attached hydrogen (secondary N) is 2. The van der Waals surface area contributed by atoms with Crippen LogP contribution in [0.2, 0.25) is 0 Å². The highest BCUT2D eigenvalue weighted by Gasteiger charge is 2.48. The second-order valence-electron chi connectivity index (χ2n) is 11.9. The van der Waals surface area contributed by atoms with Crippen LogP contribution < -0.4 is 16.4 Å². The minimum absolute atomic E-state index is 0.125. The van der Waals surface area contributed by atoms with Gasteiger partial charge >= 0.3 is 0 Å². The standard InChI is InChI=1S/C32H48F2N4O5/c1-6-8-38(9-7-2)30(42)23-10-21(5)15-32(16-23,31(35)43)26(13-22-11-24(33)14-25(34)12-22)28(40)18-36-27(19-39)29(41)37-17-20(3)4/h10-12,14-15,20,26-28,36,39-40H,6-9,13,16-19H2,1-5H3,(H2,35,43)(H,37,41)/t26-,27+,28+,32?/m1/s1. The van der Waals surface area contributed by atoms with Crippen LogP contribution >= 0.6 is 0 Å². The van der Waals surface area contributed by atoms with Crippen LogP contribution in [0.3, 0.4) is 0 Å². The van der Waals surface area contributed by atoms with Gasteiger partial charge in [-0.05, 0) is 56.2 Å². The first-order valence-electron chi connectivity index (χ1n) is 15.0. The van der Waals surface area contributed by atoms with Gasteiger partial charge in [-0.1, -0.05) is 45.4 Å². The van der Waals surface area contributed by atoms with E-state index in [0.29, 0.717) is 30.8 Å². The van der Waals surface area contributed by atoms with Crippen LogP contribution in [0.4, 0.5) is 8.78 Å². The normalized spacial score (nSPS) is 18.8. The number of hydrogen-bond acceptors (Lipinski definition) is 6. The zero-order chi connectivity index (χ0) is 32.3. The molecule has 1 unspecified atom stereocenters. The number of primary amides is 1. The molecule has 240 valence electrons. The molecule has 0 radical (unpaired) electrons. The van der Waals surface area contributed by atoms with E-state index >= 15 is 0 Å². The van der Waals surface area contributed by atoms with E-state index < -0.39 is 53.5 Å². The number of carbonyl (C=O) groups excluding carboxylic acids is 3. The third-order valence-electron chi connectivity index (χ3n) is 7.64. The number of nitrogens with two attached hydrogens (primary N) is 1. The number of halogens is 2. The summed E-state index contributed by atoms with van der Waals surface area (Å²) in [4.78, 5) is 41.3. The Labute approximate surface area is 253 Å². The van der Waals surface area contributed by atoms with Crippen molar-refractivity contribution in [2.24, 2.45) is 23.0 Å². The van der Waals surface area contributed by atoms with Crippen LogP contribution in [-0.2, 0) is 20.8 Å². The predicted molar refractivity (Wildman–Crippen MR) is 162 cm³/mol. The molecule has 1 aliphatic rings. The molecular formula is C32H48F2N4O5. The second-order valence-corrected chi connectivity index (χ2v) is 11.9. The quantitative estimate of drug-likeness (QED) is 0.184. The number of aliphatic hydroxyl groups excluding tert-OH is 2. The van der Waals surface area contributed by atoms with Crippen LogP contribution in [0.15, 0.2) is 41.5 Å². The third kappa shape index (κ3) is 9.94. The lowest BCUT2D eigenvalue weighted by molar-refractivity contribution is -0.132. The van der Waals surface area contributed by atoms with Crippen molar-refractivity contribution in [1.29, 1.82) is 0 Å². The number of carbonyl (C=O) groups is 3. The van der Waals surface area contributed by atoms with Gasteiger partial charge in [0.15, 0.2) is 0 Å². The van der Waals surface area contributed by atoms with Gasteiger partial charge < -0.3 is 31.5 Å². The summed E-state index contributed by atoms with van der Waals surface area (Å²) >= 11 is 0. The van der Waals surface area contributed by atoms with Gasteiger partial charge in [0.25, 0.3) is 0 Å². The minimum atomic E-state index is -1.60. The number of benzene rings is 1. The van der Waals surface area contributed by atoms with Gasteiger partial charge in [0.05, 0.1) is 18.1 Å². The van der Waals surface area contributed by atoms with Crippen LogP contribution in [0.5, 0.6) is 0 Å². The van der Waals surface area contributed by atoms with Gasteiger partial charge in [-0.25, -0.2) is 8.78 Å². The average molecular weight is 607 g/mol. The smallest absolute Gasteiger partial charge is 0.249 e. The largest absolute Gasteiger partial charge is 0.394 e. The summed E-state index contributed by atoms with van der Waals surface area (Å²) in [5.74, 6) is -4.04. The molecule has 0 saturated carbocycles. The molecule has 1 aromatic carbocycles. The topological polar surface area (TPSA) is 145 Å². The molecule has 11 heteroatoms. The number of rotatable bonds is 17. The SMILES string of the molecule is CCCN(CCC)C(=O)C1=CC(C)=CC(C(N)=O)([C@H](Cc2cc(F)cc(F)c2)[C@@H](O)CN[C@@H](CO)C(=O)NCC(C)C)C1. The lowest BCUT2D eigenvalue weighted by Gasteiger charge is -2.42. The lowest BCUT2D eigenvalue weighted by atomic mass is 9.63. The monoisotopic (exact) mass is 606 g/mol. The maximum atomic E-state index is 14.2. The van der Waals surface area contributed by atoms with Gasteiger partial charge in [-0.2, -0.15) is 0 Å². The minimum Gasteiger partial charge on any atom is -0.394 e. The van der Waals surface area contributed by atoms with E-state index in [4.69, 9.17) is 5.73 Å². The average Bonchev–Trinajstić information content (AvgIpc) is 2.93. The summed E-state index contributed by atoms with van der Waals surface area (Å²) in [5.41, 5.74) is 5.56. The van der Waals surface area contributed by atoms with Crippen molar-refractivity contribution in [3.63, 3.8) is 0 Å². The van der Waals surface area contributed by atoms with Crippen molar-refractivity contribution in [3.05, 3.63) is 58.7 Å². The number of aliphatic hydroxyl groups is 2. The van der Waals surface area contributed by atoms with E-state index in [0.717, 1.165) is 31.0 Å². The Bertz CT molecular complexity index is 1160. The molecule has 1 aromatic rings. The Morgan fingerprint density at radius 2 is 1.67 bits per heavy atom. The van der Waals surface area contributed by atoms with Crippen LogP contribution in [0, 0.1) is 28.9 Å².